The van der Waals surface area contributed by atoms with E-state index in [1.54, 1.807) is 32.2 Å². The fraction of sp³-hybridized carbons (Fsp3) is 0.417. The van der Waals surface area contributed by atoms with Crippen LogP contribution in [0.1, 0.15) is 6.92 Å². The summed E-state index contributed by atoms with van der Waals surface area (Å²) in [6.45, 7) is 1.79. The summed E-state index contributed by atoms with van der Waals surface area (Å²) >= 11 is 5.65. The predicted molar refractivity (Wildman–Crippen MR) is 81.5 cm³/mol. The molecule has 9 heteroatoms. The van der Waals surface area contributed by atoms with Gasteiger partial charge in [0.1, 0.15) is 0 Å². The van der Waals surface area contributed by atoms with Crippen LogP contribution in [0.15, 0.2) is 24.3 Å². The largest absolute Gasteiger partial charge is 0.284 e. The molecule has 1 heterocycles. The zero-order valence-corrected chi connectivity index (χ0v) is 13.3. The SMILES string of the molecule is CC(CCl)CS(=O)(=O)Nc1cccc(-c2nnnn2C)c1. The van der Waals surface area contributed by atoms with Crippen LogP contribution >= 0.6 is 11.6 Å². The molecule has 21 heavy (non-hydrogen) atoms. The van der Waals surface area contributed by atoms with Crippen molar-refractivity contribution in [3.63, 3.8) is 0 Å². The third-order valence-corrected chi connectivity index (χ3v) is 4.86. The first-order valence-corrected chi connectivity index (χ1v) is 8.49. The fourth-order valence-electron chi connectivity index (χ4n) is 1.84. The second kappa shape index (κ2) is 6.40. The normalized spacial score (nSPS) is 13.1. The van der Waals surface area contributed by atoms with E-state index in [4.69, 9.17) is 11.6 Å². The van der Waals surface area contributed by atoms with Crippen molar-refractivity contribution >= 4 is 27.3 Å². The van der Waals surface area contributed by atoms with Gasteiger partial charge in [-0.1, -0.05) is 19.1 Å². The van der Waals surface area contributed by atoms with Gasteiger partial charge >= 0.3 is 0 Å². The number of benzene rings is 1. The van der Waals surface area contributed by atoms with Gasteiger partial charge in [-0.15, -0.1) is 16.7 Å². The highest BCUT2D eigenvalue weighted by atomic mass is 35.5. The monoisotopic (exact) mass is 329 g/mol. The van der Waals surface area contributed by atoms with Crippen molar-refractivity contribution in [1.82, 2.24) is 20.2 Å². The van der Waals surface area contributed by atoms with Crippen LogP contribution in [0.2, 0.25) is 0 Å². The first kappa shape index (κ1) is 15.7. The summed E-state index contributed by atoms with van der Waals surface area (Å²) in [5, 5.41) is 11.2. The molecule has 0 saturated carbocycles. The van der Waals surface area contributed by atoms with E-state index in [-0.39, 0.29) is 11.7 Å². The maximum Gasteiger partial charge on any atom is 0.233 e. The molecule has 1 N–H and O–H groups in total. The lowest BCUT2D eigenvalue weighted by molar-refractivity contribution is 0.588. The summed E-state index contributed by atoms with van der Waals surface area (Å²) < 4.78 is 28.1. The first-order chi connectivity index (χ1) is 9.91. The number of aromatic nitrogens is 4. The molecule has 7 nitrogen and oxygen atoms in total. The minimum Gasteiger partial charge on any atom is -0.284 e. The Morgan fingerprint density at radius 3 is 2.81 bits per heavy atom. The third kappa shape index (κ3) is 4.15. The van der Waals surface area contributed by atoms with Crippen LogP contribution in [-0.2, 0) is 17.1 Å². The van der Waals surface area contributed by atoms with Crippen LogP contribution in [0.4, 0.5) is 5.69 Å². The molecule has 114 valence electrons. The van der Waals surface area contributed by atoms with Crippen LogP contribution < -0.4 is 4.72 Å². The molecule has 1 aromatic heterocycles. The fourth-order valence-corrected chi connectivity index (χ4v) is 3.51. The second-order valence-corrected chi connectivity index (χ2v) is 6.93. The molecule has 0 bridgehead atoms. The van der Waals surface area contributed by atoms with Gasteiger partial charge in [-0.2, -0.15) is 0 Å². The Labute approximate surface area is 128 Å². The molecule has 0 aliphatic rings. The Morgan fingerprint density at radius 2 is 2.19 bits per heavy atom. The Balaban J connectivity index is 2.21. The van der Waals surface area contributed by atoms with Crippen LogP contribution in [0.3, 0.4) is 0 Å². The zero-order chi connectivity index (χ0) is 15.5. The number of nitrogens with one attached hydrogen (secondary N) is 1. The molecular formula is C12H16ClN5O2S. The quantitative estimate of drug-likeness (QED) is 0.811. The van der Waals surface area contributed by atoms with E-state index in [9.17, 15) is 8.42 Å². The van der Waals surface area contributed by atoms with E-state index < -0.39 is 10.0 Å². The van der Waals surface area contributed by atoms with E-state index in [0.29, 0.717) is 17.4 Å². The Kier molecular flexibility index (Phi) is 4.79. The second-order valence-electron chi connectivity index (χ2n) is 4.85. The Bertz CT molecular complexity index is 716. The lowest BCUT2D eigenvalue weighted by Gasteiger charge is -2.11. The molecule has 0 aliphatic heterocycles. The predicted octanol–water partition coefficient (Wildman–Crippen LogP) is 1.49. The highest BCUT2D eigenvalue weighted by Gasteiger charge is 2.16. The Hall–Kier alpha value is -1.67. The summed E-state index contributed by atoms with van der Waals surface area (Å²) in [5.74, 6) is 0.720. The molecule has 0 radical (unpaired) electrons. The average Bonchev–Trinajstić information content (AvgIpc) is 2.84. The number of sulfonamides is 1. The maximum atomic E-state index is 12.0. The number of aryl methyl sites for hydroxylation is 1. The number of hydrogen-bond donors (Lipinski definition) is 1. The lowest BCUT2D eigenvalue weighted by Crippen LogP contribution is -2.22. The van der Waals surface area contributed by atoms with Crippen molar-refractivity contribution in [2.45, 2.75) is 6.92 Å². The number of halogens is 1. The summed E-state index contributed by atoms with van der Waals surface area (Å²) in [7, 11) is -1.72. The van der Waals surface area contributed by atoms with Crippen molar-refractivity contribution in [3.05, 3.63) is 24.3 Å². The number of hydrogen-bond acceptors (Lipinski definition) is 5. The van der Waals surface area contributed by atoms with Gasteiger partial charge in [-0.05, 0) is 28.5 Å². The van der Waals surface area contributed by atoms with E-state index in [1.807, 2.05) is 6.07 Å². The van der Waals surface area contributed by atoms with Crippen molar-refractivity contribution in [2.75, 3.05) is 16.4 Å². The van der Waals surface area contributed by atoms with Gasteiger partial charge in [-0.25, -0.2) is 13.1 Å². The van der Waals surface area contributed by atoms with Crippen molar-refractivity contribution in [3.8, 4) is 11.4 Å². The minimum absolute atomic E-state index is 0.0216. The van der Waals surface area contributed by atoms with E-state index >= 15 is 0 Å². The van der Waals surface area contributed by atoms with Crippen LogP contribution in [0.25, 0.3) is 11.4 Å². The van der Waals surface area contributed by atoms with Gasteiger partial charge in [0.15, 0.2) is 5.82 Å². The maximum absolute atomic E-state index is 12.0. The topological polar surface area (TPSA) is 89.8 Å². The van der Waals surface area contributed by atoms with Crippen molar-refractivity contribution < 1.29 is 8.42 Å². The van der Waals surface area contributed by atoms with Crippen molar-refractivity contribution in [2.24, 2.45) is 13.0 Å². The molecule has 0 amide bonds. The van der Waals surface area contributed by atoms with E-state index in [1.165, 1.54) is 4.68 Å². The van der Waals surface area contributed by atoms with Gasteiger partial charge in [0.2, 0.25) is 10.0 Å². The smallest absolute Gasteiger partial charge is 0.233 e. The molecule has 1 aromatic carbocycles. The average molecular weight is 330 g/mol. The molecule has 1 atom stereocenters. The summed E-state index contributed by atoms with van der Waals surface area (Å²) in [6, 6.07) is 6.92. The van der Waals surface area contributed by atoms with Gasteiger partial charge in [0.05, 0.1) is 5.75 Å². The van der Waals surface area contributed by atoms with Gasteiger partial charge < -0.3 is 0 Å². The highest BCUT2D eigenvalue weighted by Crippen LogP contribution is 2.20. The van der Waals surface area contributed by atoms with Crippen LogP contribution in [0.5, 0.6) is 0 Å². The number of anilines is 1. The lowest BCUT2D eigenvalue weighted by atomic mass is 10.2. The number of tetrazole rings is 1. The van der Waals surface area contributed by atoms with Gasteiger partial charge in [0, 0.05) is 24.2 Å². The number of alkyl halides is 1. The summed E-state index contributed by atoms with van der Waals surface area (Å²) in [5.41, 5.74) is 1.20. The molecule has 0 spiro atoms. The highest BCUT2D eigenvalue weighted by molar-refractivity contribution is 7.92. The molecule has 2 rings (SSSR count). The molecule has 0 aliphatic carbocycles. The number of rotatable bonds is 6. The molecule has 1 unspecified atom stereocenters. The van der Waals surface area contributed by atoms with E-state index in [2.05, 4.69) is 20.2 Å². The minimum atomic E-state index is -3.43. The number of nitrogens with zero attached hydrogens (tertiary/aromatic N) is 4. The first-order valence-electron chi connectivity index (χ1n) is 6.30. The van der Waals surface area contributed by atoms with Crippen LogP contribution in [0, 0.1) is 5.92 Å². The molecular weight excluding hydrogens is 314 g/mol. The third-order valence-electron chi connectivity index (χ3n) is 2.78. The summed E-state index contributed by atoms with van der Waals surface area (Å²) in [4.78, 5) is 0. The van der Waals surface area contributed by atoms with Gasteiger partial charge in [0.25, 0.3) is 0 Å². The molecule has 0 fully saturated rings. The summed E-state index contributed by atoms with van der Waals surface area (Å²) in [6.07, 6.45) is 0. The standard InChI is InChI=1S/C12H16ClN5O2S/c1-9(7-13)8-21(19,20)15-11-5-3-4-10(6-11)12-14-16-17-18(12)2/h3-6,9,15H,7-8H2,1-2H3. The Morgan fingerprint density at radius 1 is 1.43 bits per heavy atom. The van der Waals surface area contributed by atoms with Crippen LogP contribution in [-0.4, -0.2) is 40.3 Å². The zero-order valence-electron chi connectivity index (χ0n) is 11.7. The molecule has 0 saturated heterocycles. The van der Waals surface area contributed by atoms with Crippen molar-refractivity contribution in [1.29, 1.82) is 0 Å². The van der Waals surface area contributed by atoms with E-state index in [0.717, 1.165) is 5.56 Å². The molecule has 2 aromatic rings. The van der Waals surface area contributed by atoms with Gasteiger partial charge in [-0.3, -0.25) is 4.72 Å².